The molecular weight excluding hydrogens is 264 g/mol. The molecule has 0 saturated carbocycles. The van der Waals surface area contributed by atoms with E-state index in [9.17, 15) is 4.79 Å². The van der Waals surface area contributed by atoms with Crippen molar-refractivity contribution in [3.63, 3.8) is 0 Å². The second-order valence-corrected chi connectivity index (χ2v) is 8.18. The zero-order valence-electron chi connectivity index (χ0n) is 14.3. The number of nitrogens with zero attached hydrogens (tertiary/aromatic N) is 1. The highest BCUT2D eigenvalue weighted by Crippen LogP contribution is 2.26. The number of carbonyl (C=O) groups excluding carboxylic acids is 1. The van der Waals surface area contributed by atoms with Crippen molar-refractivity contribution < 1.29 is 9.53 Å². The summed E-state index contributed by atoms with van der Waals surface area (Å²) in [6, 6.07) is 0.474. The van der Waals surface area contributed by atoms with Crippen LogP contribution in [0.15, 0.2) is 0 Å². The Kier molecular flexibility index (Phi) is 5.31. The van der Waals surface area contributed by atoms with Gasteiger partial charge in [0.15, 0.2) is 0 Å². The summed E-state index contributed by atoms with van der Waals surface area (Å²) in [7, 11) is 0. The highest BCUT2D eigenvalue weighted by molar-refractivity contribution is 5.73. The van der Waals surface area contributed by atoms with Gasteiger partial charge in [-0.15, -0.1) is 0 Å². The van der Waals surface area contributed by atoms with Crippen LogP contribution in [0.4, 0.5) is 0 Å². The van der Waals surface area contributed by atoms with Crippen molar-refractivity contribution in [3.05, 3.63) is 0 Å². The summed E-state index contributed by atoms with van der Waals surface area (Å²) in [5.41, 5.74) is -0.391. The normalized spacial score (nSPS) is 35.5. The molecule has 0 unspecified atom stereocenters. The molecule has 2 saturated heterocycles. The zero-order valence-corrected chi connectivity index (χ0v) is 14.3. The molecule has 2 aliphatic rings. The van der Waals surface area contributed by atoms with Gasteiger partial charge in [-0.3, -0.25) is 9.69 Å². The van der Waals surface area contributed by atoms with Crippen molar-refractivity contribution in [1.29, 1.82) is 0 Å². The second kappa shape index (κ2) is 6.66. The van der Waals surface area contributed by atoms with Crippen LogP contribution in [0.2, 0.25) is 0 Å². The monoisotopic (exact) mass is 296 g/mol. The van der Waals surface area contributed by atoms with Crippen LogP contribution in [0.25, 0.3) is 0 Å². The lowest BCUT2D eigenvalue weighted by Crippen LogP contribution is -2.54. The Morgan fingerprint density at radius 3 is 2.29 bits per heavy atom. The van der Waals surface area contributed by atoms with E-state index in [1.54, 1.807) is 0 Å². The highest BCUT2D eigenvalue weighted by Gasteiger charge is 2.35. The molecule has 4 atom stereocenters. The molecule has 0 radical (unpaired) electrons. The van der Waals surface area contributed by atoms with Gasteiger partial charge in [0.25, 0.3) is 0 Å². The number of hydrogen-bond acceptors (Lipinski definition) is 4. The maximum Gasteiger partial charge on any atom is 0.310 e. The number of hydrogen-bond donors (Lipinski definition) is 1. The van der Waals surface area contributed by atoms with Gasteiger partial charge in [0.05, 0.1) is 5.92 Å². The van der Waals surface area contributed by atoms with Crippen LogP contribution in [-0.4, -0.2) is 48.7 Å². The van der Waals surface area contributed by atoms with Crippen LogP contribution in [0, 0.1) is 17.8 Å². The minimum atomic E-state index is -0.391. The van der Waals surface area contributed by atoms with E-state index in [4.69, 9.17) is 4.74 Å². The molecule has 2 aliphatic heterocycles. The Balaban J connectivity index is 1.92. The third-order valence-electron chi connectivity index (χ3n) is 4.48. The molecule has 0 bridgehead atoms. The molecule has 0 aliphatic carbocycles. The van der Waals surface area contributed by atoms with Crippen molar-refractivity contribution in [1.82, 2.24) is 10.2 Å². The minimum absolute atomic E-state index is 0.00415. The first-order chi connectivity index (χ1) is 9.74. The predicted octanol–water partition coefficient (Wildman–Crippen LogP) is 2.28. The van der Waals surface area contributed by atoms with E-state index >= 15 is 0 Å². The molecule has 0 spiro atoms. The Hall–Kier alpha value is -0.610. The number of rotatable bonds is 2. The molecule has 4 nitrogen and oxygen atoms in total. The number of piperidine rings is 2. The van der Waals surface area contributed by atoms with Crippen LogP contribution in [0.5, 0.6) is 0 Å². The van der Waals surface area contributed by atoms with Gasteiger partial charge in [-0.25, -0.2) is 0 Å². The molecular formula is C17H32N2O2. The number of likely N-dealkylation sites (tertiary alicyclic amines) is 1. The molecule has 2 rings (SSSR count). The Morgan fingerprint density at radius 2 is 1.71 bits per heavy atom. The number of nitrogens with one attached hydrogen (secondary N) is 1. The maximum atomic E-state index is 12.3. The molecule has 4 heteroatoms. The lowest BCUT2D eigenvalue weighted by Gasteiger charge is -2.43. The largest absolute Gasteiger partial charge is 0.460 e. The van der Waals surface area contributed by atoms with Crippen molar-refractivity contribution in [3.8, 4) is 0 Å². The Bertz CT molecular complexity index is 354. The average Bonchev–Trinajstić information content (AvgIpc) is 2.36. The van der Waals surface area contributed by atoms with Crippen molar-refractivity contribution in [2.24, 2.45) is 17.8 Å². The summed E-state index contributed by atoms with van der Waals surface area (Å²) in [5.74, 6) is 1.47. The third kappa shape index (κ3) is 4.96. The van der Waals surface area contributed by atoms with Gasteiger partial charge in [-0.1, -0.05) is 13.8 Å². The predicted molar refractivity (Wildman–Crippen MR) is 85.1 cm³/mol. The molecule has 1 N–H and O–H groups in total. The molecule has 0 aromatic heterocycles. The van der Waals surface area contributed by atoms with Crippen LogP contribution in [0.3, 0.4) is 0 Å². The smallest absolute Gasteiger partial charge is 0.310 e. The van der Waals surface area contributed by atoms with E-state index in [0.29, 0.717) is 6.04 Å². The topological polar surface area (TPSA) is 41.6 Å². The number of carbonyl (C=O) groups is 1. The van der Waals surface area contributed by atoms with Crippen LogP contribution >= 0.6 is 0 Å². The molecule has 0 amide bonds. The van der Waals surface area contributed by atoms with Gasteiger partial charge >= 0.3 is 5.97 Å². The highest BCUT2D eigenvalue weighted by atomic mass is 16.6. The van der Waals surface area contributed by atoms with Crippen molar-refractivity contribution in [2.75, 3.05) is 26.2 Å². The fraction of sp³-hybridized carbons (Fsp3) is 0.941. The summed E-state index contributed by atoms with van der Waals surface area (Å²) in [5, 5.41) is 3.44. The Labute approximate surface area is 129 Å². The molecule has 2 heterocycles. The third-order valence-corrected chi connectivity index (χ3v) is 4.48. The average molecular weight is 296 g/mol. The SMILES string of the molecule is C[C@@H]1C[C@H](C)CN([C@@H]2CNC[C@H](C(=O)OC(C)(C)C)C2)C1. The van der Waals surface area contributed by atoms with E-state index in [1.807, 2.05) is 20.8 Å². The van der Waals surface area contributed by atoms with Crippen LogP contribution in [0.1, 0.15) is 47.5 Å². The quantitative estimate of drug-likeness (QED) is 0.794. The van der Waals surface area contributed by atoms with Gasteiger partial charge < -0.3 is 10.1 Å². The van der Waals surface area contributed by atoms with E-state index in [2.05, 4.69) is 24.1 Å². The fourth-order valence-corrected chi connectivity index (χ4v) is 3.77. The van der Waals surface area contributed by atoms with Gasteiger partial charge in [0.1, 0.15) is 5.60 Å². The summed E-state index contributed by atoms with van der Waals surface area (Å²) >= 11 is 0. The lowest BCUT2D eigenvalue weighted by atomic mass is 9.88. The van der Waals surface area contributed by atoms with Gasteiger partial charge in [-0.2, -0.15) is 0 Å². The first kappa shape index (κ1) is 16.8. The number of ether oxygens (including phenoxy) is 1. The first-order valence-electron chi connectivity index (χ1n) is 8.42. The van der Waals surface area contributed by atoms with E-state index in [-0.39, 0.29) is 11.9 Å². The maximum absolute atomic E-state index is 12.3. The van der Waals surface area contributed by atoms with E-state index in [1.165, 1.54) is 6.42 Å². The summed E-state index contributed by atoms with van der Waals surface area (Å²) in [4.78, 5) is 14.9. The van der Waals surface area contributed by atoms with Gasteiger partial charge in [0.2, 0.25) is 0 Å². The molecule has 21 heavy (non-hydrogen) atoms. The van der Waals surface area contributed by atoms with Crippen LogP contribution in [-0.2, 0) is 9.53 Å². The number of esters is 1. The minimum Gasteiger partial charge on any atom is -0.460 e. The molecule has 0 aromatic carbocycles. The summed E-state index contributed by atoms with van der Waals surface area (Å²) in [6.07, 6.45) is 2.26. The lowest BCUT2D eigenvalue weighted by molar-refractivity contribution is -0.161. The van der Waals surface area contributed by atoms with E-state index in [0.717, 1.165) is 44.4 Å². The van der Waals surface area contributed by atoms with Gasteiger partial charge in [-0.05, 0) is 45.4 Å². The molecule has 122 valence electrons. The Morgan fingerprint density at radius 1 is 1.10 bits per heavy atom. The zero-order chi connectivity index (χ0) is 15.6. The molecule has 2 fully saturated rings. The summed E-state index contributed by atoms with van der Waals surface area (Å²) in [6.45, 7) is 14.6. The van der Waals surface area contributed by atoms with Crippen LogP contribution < -0.4 is 5.32 Å². The van der Waals surface area contributed by atoms with Gasteiger partial charge in [0, 0.05) is 32.2 Å². The standard InChI is InChI=1S/C17H32N2O2/c1-12-6-13(2)11-19(10-12)15-7-14(8-18-9-15)16(20)21-17(3,4)5/h12-15,18H,6-11H2,1-5H3/t12-,13+,14-,15+/m1/s1. The first-order valence-corrected chi connectivity index (χ1v) is 8.42. The second-order valence-electron chi connectivity index (χ2n) is 8.18. The van der Waals surface area contributed by atoms with Crippen molar-refractivity contribution in [2.45, 2.75) is 59.1 Å². The summed E-state index contributed by atoms with van der Waals surface area (Å²) < 4.78 is 5.56. The molecule has 0 aromatic rings. The van der Waals surface area contributed by atoms with Crippen molar-refractivity contribution >= 4 is 5.97 Å². The van der Waals surface area contributed by atoms with E-state index < -0.39 is 5.60 Å². The fourth-order valence-electron chi connectivity index (χ4n) is 3.77.